The summed E-state index contributed by atoms with van der Waals surface area (Å²) in [6, 6.07) is 0. The fraction of sp³-hybridized carbons (Fsp3) is 0.167. The van der Waals surface area contributed by atoms with E-state index in [2.05, 4.69) is 25.7 Å². The zero-order valence-electron chi connectivity index (χ0n) is 6.60. The van der Waals surface area contributed by atoms with E-state index in [1.807, 2.05) is 0 Å². The van der Waals surface area contributed by atoms with Gasteiger partial charge in [-0.3, -0.25) is 0 Å². The minimum atomic E-state index is -4.84. The number of pyridine rings is 1. The summed E-state index contributed by atoms with van der Waals surface area (Å²) in [6.07, 6.45) is -3.65. The number of hydrogen-bond donors (Lipinski definition) is 2. The van der Waals surface area contributed by atoms with Crippen molar-refractivity contribution in [3.8, 4) is 5.75 Å². The molecule has 0 spiro atoms. The molecule has 0 saturated heterocycles. The van der Waals surface area contributed by atoms with Crippen LogP contribution in [0.5, 0.6) is 5.75 Å². The average molecular weight is 272 g/mol. The maximum absolute atomic E-state index is 11.9. The van der Waals surface area contributed by atoms with E-state index in [-0.39, 0.29) is 10.2 Å². The first-order chi connectivity index (χ1) is 6.31. The molecule has 8 heteroatoms. The number of hydrogen-bond acceptors (Lipinski definition) is 4. The van der Waals surface area contributed by atoms with Crippen LogP contribution in [-0.4, -0.2) is 11.3 Å². The van der Waals surface area contributed by atoms with Gasteiger partial charge in [0.2, 0.25) is 0 Å². The predicted octanol–water partition coefficient (Wildman–Crippen LogP) is 1.91. The fourth-order valence-corrected chi connectivity index (χ4v) is 1.01. The van der Waals surface area contributed by atoms with Gasteiger partial charge in [-0.15, -0.1) is 13.2 Å². The second-order valence-corrected chi connectivity index (χ2v) is 3.14. The van der Waals surface area contributed by atoms with Crippen molar-refractivity contribution < 1.29 is 17.9 Å². The highest BCUT2D eigenvalue weighted by Crippen LogP contribution is 2.36. The molecule has 1 rings (SSSR count). The Kier molecular flexibility index (Phi) is 2.74. The molecule has 0 radical (unpaired) electrons. The molecule has 1 heterocycles. The zero-order valence-corrected chi connectivity index (χ0v) is 8.19. The van der Waals surface area contributed by atoms with Crippen LogP contribution in [0.2, 0.25) is 0 Å². The molecule has 0 amide bonds. The van der Waals surface area contributed by atoms with Gasteiger partial charge in [0.05, 0.1) is 10.2 Å². The van der Waals surface area contributed by atoms with E-state index in [4.69, 9.17) is 11.5 Å². The first-order valence-electron chi connectivity index (χ1n) is 3.26. The number of nitrogens with two attached hydrogens (primary N) is 2. The monoisotopic (exact) mass is 271 g/mol. The van der Waals surface area contributed by atoms with Gasteiger partial charge in [-0.25, -0.2) is 4.98 Å². The van der Waals surface area contributed by atoms with Crippen LogP contribution in [0.3, 0.4) is 0 Å². The van der Waals surface area contributed by atoms with E-state index >= 15 is 0 Å². The van der Waals surface area contributed by atoms with Gasteiger partial charge in [0.25, 0.3) is 0 Å². The molecule has 0 aliphatic carbocycles. The average Bonchev–Trinajstić information content (AvgIpc) is 2.04. The molecule has 1 aromatic heterocycles. The number of aromatic nitrogens is 1. The molecule has 0 fully saturated rings. The molecule has 1 aromatic rings. The number of nitrogens with zero attached hydrogens (tertiary/aromatic N) is 1. The van der Waals surface area contributed by atoms with Crippen LogP contribution in [0, 0.1) is 0 Å². The van der Waals surface area contributed by atoms with E-state index in [9.17, 15) is 13.2 Å². The van der Waals surface area contributed by atoms with Crippen LogP contribution in [0.15, 0.2) is 10.7 Å². The molecule has 0 unspecified atom stereocenters. The molecule has 0 atom stereocenters. The molecule has 78 valence electrons. The first-order valence-corrected chi connectivity index (χ1v) is 4.06. The van der Waals surface area contributed by atoms with Crippen molar-refractivity contribution in [2.45, 2.75) is 6.36 Å². The van der Waals surface area contributed by atoms with Crippen molar-refractivity contribution in [1.82, 2.24) is 4.98 Å². The van der Waals surface area contributed by atoms with Crippen LogP contribution in [0.1, 0.15) is 0 Å². The second kappa shape index (κ2) is 3.52. The van der Waals surface area contributed by atoms with Crippen LogP contribution in [-0.2, 0) is 0 Å². The molecule has 0 aliphatic heterocycles. The largest absolute Gasteiger partial charge is 0.573 e. The summed E-state index contributed by atoms with van der Waals surface area (Å²) in [5.74, 6) is -1.10. The lowest BCUT2D eigenvalue weighted by Crippen LogP contribution is -2.19. The smallest absolute Gasteiger partial charge is 0.400 e. The van der Waals surface area contributed by atoms with Gasteiger partial charge in [-0.05, 0) is 15.9 Å². The number of nitrogen functional groups attached to an aromatic ring is 2. The molecular formula is C6H5BrF3N3O. The lowest BCUT2D eigenvalue weighted by atomic mass is 10.3. The van der Waals surface area contributed by atoms with Crippen LogP contribution >= 0.6 is 15.9 Å². The summed E-state index contributed by atoms with van der Waals surface area (Å²) in [7, 11) is 0. The standard InChI is InChI=1S/C6H5BrF3N3O/c7-2-1-13-5(12)4(3(2)11)14-6(8,9)10/h1H,(H4,11,12,13). The Balaban J connectivity index is 3.13. The first kappa shape index (κ1) is 10.9. The van der Waals surface area contributed by atoms with Gasteiger partial charge >= 0.3 is 6.36 Å². The summed E-state index contributed by atoms with van der Waals surface area (Å²) < 4.78 is 39.4. The van der Waals surface area contributed by atoms with Crippen LogP contribution in [0.25, 0.3) is 0 Å². The van der Waals surface area contributed by atoms with E-state index in [1.165, 1.54) is 6.20 Å². The highest BCUT2D eigenvalue weighted by Gasteiger charge is 2.33. The molecule has 0 aromatic carbocycles. The highest BCUT2D eigenvalue weighted by atomic mass is 79.9. The maximum Gasteiger partial charge on any atom is 0.573 e. The highest BCUT2D eigenvalue weighted by molar-refractivity contribution is 9.10. The van der Waals surface area contributed by atoms with Crippen molar-refractivity contribution in [3.63, 3.8) is 0 Å². The molecule has 4 nitrogen and oxygen atoms in total. The van der Waals surface area contributed by atoms with Gasteiger partial charge < -0.3 is 16.2 Å². The normalized spacial score (nSPS) is 11.4. The van der Waals surface area contributed by atoms with Crippen molar-refractivity contribution in [2.75, 3.05) is 11.5 Å². The van der Waals surface area contributed by atoms with E-state index in [0.717, 1.165) is 0 Å². The second-order valence-electron chi connectivity index (χ2n) is 2.28. The third-order valence-corrected chi connectivity index (χ3v) is 1.90. The lowest BCUT2D eigenvalue weighted by molar-refractivity contribution is -0.274. The van der Waals surface area contributed by atoms with Crippen molar-refractivity contribution in [1.29, 1.82) is 0 Å². The molecule has 14 heavy (non-hydrogen) atoms. The van der Waals surface area contributed by atoms with Crippen molar-refractivity contribution >= 4 is 27.4 Å². The number of anilines is 2. The van der Waals surface area contributed by atoms with Gasteiger partial charge in [-0.2, -0.15) is 0 Å². The number of halogens is 4. The number of alkyl halides is 3. The Hall–Kier alpha value is -1.18. The van der Waals surface area contributed by atoms with Gasteiger partial charge in [-0.1, -0.05) is 0 Å². The van der Waals surface area contributed by atoms with Crippen molar-refractivity contribution in [3.05, 3.63) is 10.7 Å². The number of rotatable bonds is 1. The predicted molar refractivity (Wildman–Crippen MR) is 47.4 cm³/mol. The molecular weight excluding hydrogens is 267 g/mol. The summed E-state index contributed by atoms with van der Waals surface area (Å²) >= 11 is 2.90. The topological polar surface area (TPSA) is 74.2 Å². The van der Waals surface area contributed by atoms with E-state index in [0.29, 0.717) is 0 Å². The Morgan fingerprint density at radius 3 is 2.43 bits per heavy atom. The Morgan fingerprint density at radius 1 is 1.36 bits per heavy atom. The third kappa shape index (κ3) is 2.41. The summed E-state index contributed by atoms with van der Waals surface area (Å²) in [5.41, 5.74) is 10.2. The third-order valence-electron chi connectivity index (χ3n) is 1.27. The minimum Gasteiger partial charge on any atom is -0.400 e. The van der Waals surface area contributed by atoms with Gasteiger partial charge in [0.15, 0.2) is 11.6 Å². The zero-order chi connectivity index (χ0) is 10.9. The fourth-order valence-electron chi connectivity index (χ4n) is 0.724. The maximum atomic E-state index is 11.9. The van der Waals surface area contributed by atoms with E-state index in [1.54, 1.807) is 0 Å². The molecule has 0 saturated carbocycles. The van der Waals surface area contributed by atoms with Gasteiger partial charge in [0, 0.05) is 6.20 Å². The quantitative estimate of drug-likeness (QED) is 0.818. The Morgan fingerprint density at radius 2 is 1.93 bits per heavy atom. The van der Waals surface area contributed by atoms with E-state index < -0.39 is 17.9 Å². The SMILES string of the molecule is Nc1ncc(Br)c(N)c1OC(F)(F)F. The molecule has 0 aliphatic rings. The van der Waals surface area contributed by atoms with Crippen molar-refractivity contribution in [2.24, 2.45) is 0 Å². The Labute approximate surface area is 85.2 Å². The molecule has 0 bridgehead atoms. The summed E-state index contributed by atoms with van der Waals surface area (Å²) in [4.78, 5) is 3.45. The minimum absolute atomic E-state index is 0.186. The Bertz CT molecular complexity index is 355. The van der Waals surface area contributed by atoms with Gasteiger partial charge in [0.1, 0.15) is 0 Å². The number of ether oxygens (including phenoxy) is 1. The molecule has 4 N–H and O–H groups in total. The summed E-state index contributed by atoms with van der Waals surface area (Å²) in [5, 5.41) is 0. The van der Waals surface area contributed by atoms with Crippen LogP contribution in [0.4, 0.5) is 24.7 Å². The lowest BCUT2D eigenvalue weighted by Gasteiger charge is -2.12. The van der Waals surface area contributed by atoms with Crippen LogP contribution < -0.4 is 16.2 Å². The summed E-state index contributed by atoms with van der Waals surface area (Å²) in [6.45, 7) is 0.